The van der Waals surface area contributed by atoms with Gasteiger partial charge in [-0.1, -0.05) is 17.7 Å². The lowest BCUT2D eigenvalue weighted by Gasteiger charge is -2.27. The average Bonchev–Trinajstić information content (AvgIpc) is 2.19. The van der Waals surface area contributed by atoms with Crippen molar-refractivity contribution in [1.29, 1.82) is 0 Å². The van der Waals surface area contributed by atoms with Gasteiger partial charge in [-0.3, -0.25) is 4.79 Å². The Morgan fingerprint density at radius 2 is 2.19 bits per heavy atom. The van der Waals surface area contributed by atoms with E-state index in [4.69, 9.17) is 0 Å². The second kappa shape index (κ2) is 4.66. The first-order chi connectivity index (χ1) is 7.66. The molecule has 3 nitrogen and oxygen atoms in total. The summed E-state index contributed by atoms with van der Waals surface area (Å²) in [5, 5.41) is 6.18. The van der Waals surface area contributed by atoms with Gasteiger partial charge in [-0.15, -0.1) is 0 Å². The van der Waals surface area contributed by atoms with Crippen LogP contribution >= 0.6 is 0 Å². The Kier molecular flexibility index (Phi) is 3.25. The van der Waals surface area contributed by atoms with Gasteiger partial charge in [-0.25, -0.2) is 0 Å². The molecule has 0 saturated carbocycles. The molecule has 1 saturated heterocycles. The zero-order valence-corrected chi connectivity index (χ0v) is 9.84. The highest BCUT2D eigenvalue weighted by Crippen LogP contribution is 2.10. The van der Waals surface area contributed by atoms with Gasteiger partial charge in [-0.2, -0.15) is 0 Å². The van der Waals surface area contributed by atoms with E-state index in [1.807, 2.05) is 32.0 Å². The van der Waals surface area contributed by atoms with Gasteiger partial charge in [0.25, 0.3) is 5.91 Å². The van der Waals surface area contributed by atoms with Crippen LogP contribution in [-0.4, -0.2) is 25.5 Å². The predicted molar refractivity (Wildman–Crippen MR) is 64.6 cm³/mol. The largest absolute Gasteiger partial charge is 0.352 e. The molecule has 0 aromatic heterocycles. The molecule has 2 rings (SSSR count). The number of benzene rings is 1. The molecule has 1 fully saturated rings. The van der Waals surface area contributed by atoms with Crippen molar-refractivity contribution in [2.24, 2.45) is 5.92 Å². The SMILES string of the molecule is Cc1ccc(C)c(C(=O)NCC2CNC2)c1. The molecule has 0 radical (unpaired) electrons. The second-order valence-electron chi connectivity index (χ2n) is 4.55. The highest BCUT2D eigenvalue weighted by molar-refractivity contribution is 5.95. The molecule has 3 heteroatoms. The molecule has 16 heavy (non-hydrogen) atoms. The summed E-state index contributed by atoms with van der Waals surface area (Å²) in [5.41, 5.74) is 2.96. The number of nitrogens with one attached hydrogen (secondary N) is 2. The molecule has 1 aromatic rings. The van der Waals surface area contributed by atoms with Crippen LogP contribution in [0, 0.1) is 19.8 Å². The van der Waals surface area contributed by atoms with Crippen molar-refractivity contribution < 1.29 is 4.79 Å². The van der Waals surface area contributed by atoms with E-state index in [2.05, 4.69) is 10.6 Å². The van der Waals surface area contributed by atoms with Crippen LogP contribution in [0.3, 0.4) is 0 Å². The Morgan fingerprint density at radius 3 is 2.81 bits per heavy atom. The first-order valence-corrected chi connectivity index (χ1v) is 5.73. The van der Waals surface area contributed by atoms with Crippen molar-refractivity contribution in [3.05, 3.63) is 34.9 Å². The molecule has 0 bridgehead atoms. The number of hydrogen-bond donors (Lipinski definition) is 2. The van der Waals surface area contributed by atoms with Gasteiger partial charge in [0, 0.05) is 31.1 Å². The quantitative estimate of drug-likeness (QED) is 0.801. The fourth-order valence-electron chi connectivity index (χ4n) is 1.81. The molecule has 1 amide bonds. The minimum atomic E-state index is 0.0492. The number of amides is 1. The van der Waals surface area contributed by atoms with Crippen LogP contribution in [-0.2, 0) is 0 Å². The Morgan fingerprint density at radius 1 is 1.44 bits per heavy atom. The summed E-state index contributed by atoms with van der Waals surface area (Å²) in [6.45, 7) is 6.80. The third-order valence-corrected chi connectivity index (χ3v) is 3.06. The van der Waals surface area contributed by atoms with Gasteiger partial charge in [0.15, 0.2) is 0 Å². The third kappa shape index (κ3) is 2.42. The van der Waals surface area contributed by atoms with Crippen LogP contribution in [0.5, 0.6) is 0 Å². The lowest BCUT2D eigenvalue weighted by molar-refractivity contribution is 0.0941. The van der Waals surface area contributed by atoms with Crippen molar-refractivity contribution in [1.82, 2.24) is 10.6 Å². The minimum absolute atomic E-state index is 0.0492. The standard InChI is InChI=1S/C13H18N2O/c1-9-3-4-10(2)12(5-9)13(16)15-8-11-6-14-7-11/h3-5,11,14H,6-8H2,1-2H3,(H,15,16). The van der Waals surface area contributed by atoms with Crippen LogP contribution in [0.1, 0.15) is 21.5 Å². The van der Waals surface area contributed by atoms with Gasteiger partial charge < -0.3 is 10.6 Å². The number of hydrogen-bond acceptors (Lipinski definition) is 2. The van der Waals surface area contributed by atoms with Gasteiger partial charge in [-0.05, 0) is 25.5 Å². The first kappa shape index (κ1) is 11.1. The summed E-state index contributed by atoms with van der Waals surface area (Å²) in [7, 11) is 0. The number of carbonyl (C=O) groups excluding carboxylic acids is 1. The lowest BCUT2D eigenvalue weighted by atomic mass is 10.0. The molecule has 2 N–H and O–H groups in total. The third-order valence-electron chi connectivity index (χ3n) is 3.06. The molecule has 1 aliphatic heterocycles. The normalized spacial score (nSPS) is 15.6. The Balaban J connectivity index is 1.99. The highest BCUT2D eigenvalue weighted by Gasteiger charge is 2.18. The van der Waals surface area contributed by atoms with E-state index in [0.29, 0.717) is 5.92 Å². The molecule has 1 aliphatic rings. The molecule has 86 valence electrons. The molecule has 0 unspecified atom stereocenters. The monoisotopic (exact) mass is 218 g/mol. The molecule has 1 aromatic carbocycles. The maximum atomic E-state index is 11.9. The van der Waals surface area contributed by atoms with E-state index in [-0.39, 0.29) is 5.91 Å². The van der Waals surface area contributed by atoms with Crippen molar-refractivity contribution in [2.75, 3.05) is 19.6 Å². The molecule has 0 aliphatic carbocycles. The summed E-state index contributed by atoms with van der Waals surface area (Å²) in [6.07, 6.45) is 0. The maximum Gasteiger partial charge on any atom is 0.251 e. The molecule has 1 heterocycles. The van der Waals surface area contributed by atoms with Crippen molar-refractivity contribution >= 4 is 5.91 Å². The first-order valence-electron chi connectivity index (χ1n) is 5.73. The van der Waals surface area contributed by atoms with Gasteiger partial charge >= 0.3 is 0 Å². The predicted octanol–water partition coefficient (Wildman–Crippen LogP) is 1.25. The van der Waals surface area contributed by atoms with E-state index in [9.17, 15) is 4.79 Å². The van der Waals surface area contributed by atoms with Crippen molar-refractivity contribution in [2.45, 2.75) is 13.8 Å². The maximum absolute atomic E-state index is 11.9. The number of rotatable bonds is 3. The molecule has 0 spiro atoms. The Bertz CT molecular complexity index is 397. The van der Waals surface area contributed by atoms with Crippen molar-refractivity contribution in [3.63, 3.8) is 0 Å². The van der Waals surface area contributed by atoms with Crippen LogP contribution in [0.15, 0.2) is 18.2 Å². The average molecular weight is 218 g/mol. The topological polar surface area (TPSA) is 41.1 Å². The summed E-state index contributed by atoms with van der Waals surface area (Å²) in [5.74, 6) is 0.655. The second-order valence-corrected chi connectivity index (χ2v) is 4.55. The lowest BCUT2D eigenvalue weighted by Crippen LogP contribution is -2.48. The fourth-order valence-corrected chi connectivity index (χ4v) is 1.81. The molecular formula is C13H18N2O. The van der Waals surface area contributed by atoms with E-state index >= 15 is 0 Å². The number of carbonyl (C=O) groups is 1. The number of aryl methyl sites for hydroxylation is 2. The minimum Gasteiger partial charge on any atom is -0.352 e. The van der Waals surface area contributed by atoms with E-state index < -0.39 is 0 Å². The van der Waals surface area contributed by atoms with Gasteiger partial charge in [0.1, 0.15) is 0 Å². The van der Waals surface area contributed by atoms with E-state index in [0.717, 1.165) is 36.3 Å². The fraction of sp³-hybridized carbons (Fsp3) is 0.462. The van der Waals surface area contributed by atoms with Crippen LogP contribution in [0.4, 0.5) is 0 Å². The Hall–Kier alpha value is -1.35. The zero-order valence-electron chi connectivity index (χ0n) is 9.84. The highest BCUT2D eigenvalue weighted by atomic mass is 16.1. The zero-order chi connectivity index (χ0) is 11.5. The van der Waals surface area contributed by atoms with Crippen LogP contribution in [0.25, 0.3) is 0 Å². The summed E-state index contributed by atoms with van der Waals surface area (Å²) in [4.78, 5) is 11.9. The molecular weight excluding hydrogens is 200 g/mol. The van der Waals surface area contributed by atoms with Crippen LogP contribution < -0.4 is 10.6 Å². The summed E-state index contributed by atoms with van der Waals surface area (Å²) < 4.78 is 0. The van der Waals surface area contributed by atoms with E-state index in [1.165, 1.54) is 0 Å². The summed E-state index contributed by atoms with van der Waals surface area (Å²) in [6, 6.07) is 5.97. The van der Waals surface area contributed by atoms with Gasteiger partial charge in [0.05, 0.1) is 0 Å². The summed E-state index contributed by atoms with van der Waals surface area (Å²) >= 11 is 0. The van der Waals surface area contributed by atoms with E-state index in [1.54, 1.807) is 0 Å². The van der Waals surface area contributed by atoms with Crippen LogP contribution in [0.2, 0.25) is 0 Å². The smallest absolute Gasteiger partial charge is 0.251 e. The Labute approximate surface area is 96.2 Å². The molecule has 0 atom stereocenters. The van der Waals surface area contributed by atoms with Gasteiger partial charge in [0.2, 0.25) is 0 Å². The van der Waals surface area contributed by atoms with Crippen molar-refractivity contribution in [3.8, 4) is 0 Å².